The summed E-state index contributed by atoms with van der Waals surface area (Å²) in [6, 6.07) is 3.93. The zero-order valence-electron chi connectivity index (χ0n) is 10.8. The smallest absolute Gasteiger partial charge is 0.162 e. The SMILES string of the molecule is O=C(CCC1CCCCO1)Cc1cccc(F)c1F. The molecule has 1 fully saturated rings. The van der Waals surface area contributed by atoms with Crippen molar-refractivity contribution in [2.24, 2.45) is 0 Å². The number of hydrogen-bond donors (Lipinski definition) is 0. The Balaban J connectivity index is 1.82. The van der Waals surface area contributed by atoms with Crippen molar-refractivity contribution in [3.63, 3.8) is 0 Å². The molecule has 0 aliphatic carbocycles. The summed E-state index contributed by atoms with van der Waals surface area (Å²) in [6.07, 6.45) is 4.35. The van der Waals surface area contributed by atoms with Crippen LogP contribution in [0.15, 0.2) is 18.2 Å². The number of halogens is 2. The Hall–Kier alpha value is -1.29. The first-order valence-corrected chi connectivity index (χ1v) is 6.73. The second-order valence-electron chi connectivity index (χ2n) is 4.96. The molecule has 1 heterocycles. The Morgan fingerprint density at radius 2 is 2.16 bits per heavy atom. The first kappa shape index (κ1) is 14.1. The maximum Gasteiger partial charge on any atom is 0.162 e. The summed E-state index contributed by atoms with van der Waals surface area (Å²) in [5.74, 6) is -1.88. The third-order valence-electron chi connectivity index (χ3n) is 3.44. The first-order chi connectivity index (χ1) is 9.16. The average Bonchev–Trinajstić information content (AvgIpc) is 2.43. The molecule has 0 spiro atoms. The lowest BCUT2D eigenvalue weighted by Crippen LogP contribution is -2.20. The molecule has 104 valence electrons. The number of ether oxygens (including phenoxy) is 1. The van der Waals surface area contributed by atoms with Crippen molar-refractivity contribution in [3.05, 3.63) is 35.4 Å². The number of Topliss-reactive ketones (excluding diaryl/α,β-unsaturated/α-hetero) is 1. The summed E-state index contributed by atoms with van der Waals surface area (Å²) < 4.78 is 31.9. The zero-order chi connectivity index (χ0) is 13.7. The number of carbonyl (C=O) groups excluding carboxylic acids is 1. The van der Waals surface area contributed by atoms with E-state index in [4.69, 9.17) is 4.74 Å². The van der Waals surface area contributed by atoms with Crippen molar-refractivity contribution in [3.8, 4) is 0 Å². The van der Waals surface area contributed by atoms with Gasteiger partial charge < -0.3 is 4.74 Å². The van der Waals surface area contributed by atoms with Crippen LogP contribution in [0.2, 0.25) is 0 Å². The van der Waals surface area contributed by atoms with Crippen LogP contribution in [-0.2, 0) is 16.0 Å². The van der Waals surface area contributed by atoms with Gasteiger partial charge in [-0.05, 0) is 37.3 Å². The lowest BCUT2D eigenvalue weighted by molar-refractivity contribution is -0.119. The molecule has 1 aliphatic heterocycles. The van der Waals surface area contributed by atoms with Crippen LogP contribution in [0.5, 0.6) is 0 Å². The van der Waals surface area contributed by atoms with Crippen LogP contribution in [0.3, 0.4) is 0 Å². The van der Waals surface area contributed by atoms with E-state index in [-0.39, 0.29) is 23.9 Å². The van der Waals surface area contributed by atoms with Crippen molar-refractivity contribution in [1.82, 2.24) is 0 Å². The highest BCUT2D eigenvalue weighted by atomic mass is 19.2. The van der Waals surface area contributed by atoms with Gasteiger partial charge in [0.05, 0.1) is 6.10 Å². The Labute approximate surface area is 111 Å². The number of benzene rings is 1. The van der Waals surface area contributed by atoms with Crippen LogP contribution < -0.4 is 0 Å². The van der Waals surface area contributed by atoms with Crippen molar-refractivity contribution >= 4 is 5.78 Å². The summed E-state index contributed by atoms with van der Waals surface area (Å²) in [6.45, 7) is 0.761. The van der Waals surface area contributed by atoms with E-state index in [1.807, 2.05) is 0 Å². The van der Waals surface area contributed by atoms with E-state index in [9.17, 15) is 13.6 Å². The third-order valence-corrected chi connectivity index (χ3v) is 3.44. The highest BCUT2D eigenvalue weighted by Crippen LogP contribution is 2.18. The Morgan fingerprint density at radius 1 is 1.32 bits per heavy atom. The van der Waals surface area contributed by atoms with Crippen LogP contribution in [-0.4, -0.2) is 18.5 Å². The van der Waals surface area contributed by atoms with E-state index in [2.05, 4.69) is 0 Å². The molecule has 0 saturated carbocycles. The maximum absolute atomic E-state index is 13.4. The van der Waals surface area contributed by atoms with Gasteiger partial charge in [0.15, 0.2) is 11.6 Å². The maximum atomic E-state index is 13.4. The van der Waals surface area contributed by atoms with Gasteiger partial charge in [-0.25, -0.2) is 8.78 Å². The molecule has 1 saturated heterocycles. The van der Waals surface area contributed by atoms with Gasteiger partial charge in [-0.1, -0.05) is 12.1 Å². The standard InChI is InChI=1S/C15H18F2O2/c16-14-6-3-4-11(15(14)17)10-12(18)7-8-13-5-1-2-9-19-13/h3-4,6,13H,1-2,5,7-10H2. The molecular formula is C15H18F2O2. The number of rotatable bonds is 5. The van der Waals surface area contributed by atoms with Crippen molar-refractivity contribution < 1.29 is 18.3 Å². The predicted molar refractivity (Wildman–Crippen MR) is 67.9 cm³/mol. The summed E-state index contributed by atoms with van der Waals surface area (Å²) in [4.78, 5) is 11.8. The molecular weight excluding hydrogens is 250 g/mol. The Kier molecular flexibility index (Phi) is 5.02. The molecule has 0 bridgehead atoms. The second kappa shape index (κ2) is 6.75. The van der Waals surface area contributed by atoms with Gasteiger partial charge in [-0.15, -0.1) is 0 Å². The Morgan fingerprint density at radius 3 is 2.89 bits per heavy atom. The monoisotopic (exact) mass is 268 g/mol. The predicted octanol–water partition coefficient (Wildman–Crippen LogP) is 3.43. The van der Waals surface area contributed by atoms with E-state index in [1.54, 1.807) is 0 Å². The molecule has 0 amide bonds. The zero-order valence-corrected chi connectivity index (χ0v) is 10.8. The number of ketones is 1. The highest BCUT2D eigenvalue weighted by molar-refractivity contribution is 5.80. The van der Waals surface area contributed by atoms with Gasteiger partial charge in [-0.3, -0.25) is 4.79 Å². The quantitative estimate of drug-likeness (QED) is 0.818. The van der Waals surface area contributed by atoms with E-state index < -0.39 is 11.6 Å². The molecule has 1 atom stereocenters. The molecule has 1 unspecified atom stereocenters. The fourth-order valence-electron chi connectivity index (χ4n) is 2.34. The minimum absolute atomic E-state index is 0.0453. The molecule has 1 aliphatic rings. The van der Waals surface area contributed by atoms with Crippen molar-refractivity contribution in [1.29, 1.82) is 0 Å². The van der Waals surface area contributed by atoms with Gasteiger partial charge in [-0.2, -0.15) is 0 Å². The molecule has 2 nitrogen and oxygen atoms in total. The minimum Gasteiger partial charge on any atom is -0.378 e. The second-order valence-corrected chi connectivity index (χ2v) is 4.96. The van der Waals surface area contributed by atoms with Crippen LogP contribution in [0, 0.1) is 11.6 Å². The van der Waals surface area contributed by atoms with E-state index in [1.165, 1.54) is 12.1 Å². The van der Waals surface area contributed by atoms with Crippen LogP contribution >= 0.6 is 0 Å². The normalized spacial score (nSPS) is 19.4. The van der Waals surface area contributed by atoms with E-state index >= 15 is 0 Å². The molecule has 1 aromatic rings. The molecule has 4 heteroatoms. The Bertz CT molecular complexity index is 440. The summed E-state index contributed by atoms with van der Waals surface area (Å²) in [5, 5.41) is 0. The van der Waals surface area contributed by atoms with Gasteiger partial charge in [0.2, 0.25) is 0 Å². The number of carbonyl (C=O) groups is 1. The summed E-state index contributed by atoms with van der Waals surface area (Å²) >= 11 is 0. The van der Waals surface area contributed by atoms with Crippen molar-refractivity contribution in [2.75, 3.05) is 6.61 Å². The van der Waals surface area contributed by atoms with Gasteiger partial charge in [0, 0.05) is 19.4 Å². The molecule has 19 heavy (non-hydrogen) atoms. The lowest BCUT2D eigenvalue weighted by Gasteiger charge is -2.22. The summed E-state index contributed by atoms with van der Waals surface area (Å²) in [7, 11) is 0. The minimum atomic E-state index is -0.912. The largest absolute Gasteiger partial charge is 0.378 e. The third kappa shape index (κ3) is 4.10. The van der Waals surface area contributed by atoms with Gasteiger partial charge >= 0.3 is 0 Å². The molecule has 2 rings (SSSR count). The molecule has 0 radical (unpaired) electrons. The van der Waals surface area contributed by atoms with Crippen LogP contribution in [0.25, 0.3) is 0 Å². The average molecular weight is 268 g/mol. The fourth-order valence-corrected chi connectivity index (χ4v) is 2.34. The van der Waals surface area contributed by atoms with Crippen molar-refractivity contribution in [2.45, 2.75) is 44.6 Å². The molecule has 1 aromatic carbocycles. The lowest BCUT2D eigenvalue weighted by atomic mass is 10.00. The molecule has 0 N–H and O–H groups in total. The first-order valence-electron chi connectivity index (χ1n) is 6.73. The van der Waals surface area contributed by atoms with E-state index in [0.29, 0.717) is 12.8 Å². The van der Waals surface area contributed by atoms with Gasteiger partial charge in [0.25, 0.3) is 0 Å². The summed E-state index contributed by atoms with van der Waals surface area (Å²) in [5.41, 5.74) is 0.134. The van der Waals surface area contributed by atoms with Gasteiger partial charge in [0.1, 0.15) is 5.78 Å². The van der Waals surface area contributed by atoms with E-state index in [0.717, 1.165) is 31.9 Å². The highest BCUT2D eigenvalue weighted by Gasteiger charge is 2.16. The number of hydrogen-bond acceptors (Lipinski definition) is 2. The molecule has 0 aromatic heterocycles. The fraction of sp³-hybridized carbons (Fsp3) is 0.533. The van der Waals surface area contributed by atoms with Crippen LogP contribution in [0.4, 0.5) is 8.78 Å². The topological polar surface area (TPSA) is 26.3 Å². The van der Waals surface area contributed by atoms with Crippen LogP contribution in [0.1, 0.15) is 37.7 Å².